The molecule has 1 atom stereocenters. The Morgan fingerprint density at radius 2 is 2.38 bits per heavy atom. The first-order chi connectivity index (χ1) is 6.18. The van der Waals surface area contributed by atoms with Gasteiger partial charge in [-0.15, -0.1) is 0 Å². The normalized spacial score (nSPS) is 13.2. The summed E-state index contributed by atoms with van der Waals surface area (Å²) in [6, 6.07) is 4.25. The minimum Gasteiger partial charge on any atom is -0.327 e. The third-order valence-electron chi connectivity index (χ3n) is 1.77. The summed E-state index contributed by atoms with van der Waals surface area (Å²) < 4.78 is 0. The van der Waals surface area contributed by atoms with E-state index in [9.17, 15) is 0 Å². The fraction of sp³-hybridized carbons (Fsp3) is 0.500. The summed E-state index contributed by atoms with van der Waals surface area (Å²) in [5.41, 5.74) is 6.92. The molecule has 0 unspecified atom stereocenters. The average molecular weight is 179 g/mol. The number of aromatic nitrogens is 1. The molecule has 0 aliphatic rings. The van der Waals surface area contributed by atoms with Crippen molar-refractivity contribution in [3.8, 4) is 0 Å². The van der Waals surface area contributed by atoms with Crippen LogP contribution in [0.3, 0.4) is 0 Å². The van der Waals surface area contributed by atoms with E-state index in [2.05, 4.69) is 23.0 Å². The number of likely N-dealkylation sites (N-methyl/N-ethyl adjacent to an activating group) is 1. The van der Waals surface area contributed by atoms with Crippen LogP contribution in [0.1, 0.15) is 12.5 Å². The Hall–Kier alpha value is -0.930. The first kappa shape index (κ1) is 10.2. The molecule has 72 valence electrons. The van der Waals surface area contributed by atoms with Gasteiger partial charge in [-0.1, -0.05) is 6.07 Å². The summed E-state index contributed by atoms with van der Waals surface area (Å²) in [6.45, 7) is 3.84. The van der Waals surface area contributed by atoms with Crippen molar-refractivity contribution >= 4 is 0 Å². The molecule has 0 aromatic carbocycles. The number of hydrogen-bond donors (Lipinski definition) is 1. The molecule has 0 aliphatic carbocycles. The van der Waals surface area contributed by atoms with Crippen molar-refractivity contribution in [2.45, 2.75) is 19.5 Å². The lowest BCUT2D eigenvalue weighted by Crippen LogP contribution is -2.32. The van der Waals surface area contributed by atoms with E-state index in [1.165, 1.54) is 5.56 Å². The van der Waals surface area contributed by atoms with Crippen molar-refractivity contribution in [3.63, 3.8) is 0 Å². The Balaban J connectivity index is 2.41. The van der Waals surface area contributed by atoms with E-state index in [4.69, 9.17) is 5.73 Å². The van der Waals surface area contributed by atoms with E-state index >= 15 is 0 Å². The summed E-state index contributed by atoms with van der Waals surface area (Å²) in [5.74, 6) is 0. The molecule has 3 nitrogen and oxygen atoms in total. The van der Waals surface area contributed by atoms with Gasteiger partial charge in [0.05, 0.1) is 0 Å². The van der Waals surface area contributed by atoms with Crippen LogP contribution in [0.2, 0.25) is 0 Å². The highest BCUT2D eigenvalue weighted by molar-refractivity contribution is 5.07. The van der Waals surface area contributed by atoms with Gasteiger partial charge in [-0.3, -0.25) is 4.98 Å². The second-order valence-corrected chi connectivity index (χ2v) is 3.54. The van der Waals surface area contributed by atoms with Crippen LogP contribution in [0, 0.1) is 0 Å². The van der Waals surface area contributed by atoms with Crippen LogP contribution in [0.15, 0.2) is 24.5 Å². The first-order valence-electron chi connectivity index (χ1n) is 4.51. The van der Waals surface area contributed by atoms with Gasteiger partial charge in [-0.2, -0.15) is 0 Å². The van der Waals surface area contributed by atoms with Crippen LogP contribution in [0.4, 0.5) is 0 Å². The van der Waals surface area contributed by atoms with E-state index in [0.29, 0.717) is 0 Å². The second-order valence-electron chi connectivity index (χ2n) is 3.54. The molecule has 0 saturated heterocycles. The zero-order chi connectivity index (χ0) is 9.68. The Morgan fingerprint density at radius 1 is 1.62 bits per heavy atom. The summed E-state index contributed by atoms with van der Waals surface area (Å²) in [6.07, 6.45) is 3.67. The second kappa shape index (κ2) is 4.94. The molecule has 0 saturated carbocycles. The Labute approximate surface area is 79.6 Å². The average Bonchev–Trinajstić information content (AvgIpc) is 2.04. The van der Waals surface area contributed by atoms with Crippen molar-refractivity contribution in [2.24, 2.45) is 5.73 Å². The summed E-state index contributed by atoms with van der Waals surface area (Å²) in [4.78, 5) is 6.26. The maximum Gasteiger partial charge on any atom is 0.0312 e. The van der Waals surface area contributed by atoms with Crippen LogP contribution >= 0.6 is 0 Å². The van der Waals surface area contributed by atoms with Gasteiger partial charge >= 0.3 is 0 Å². The highest BCUT2D eigenvalue weighted by Crippen LogP contribution is 2.00. The van der Waals surface area contributed by atoms with Crippen LogP contribution in [0.5, 0.6) is 0 Å². The number of rotatable bonds is 4. The number of nitrogens with two attached hydrogens (primary N) is 1. The maximum atomic E-state index is 5.69. The quantitative estimate of drug-likeness (QED) is 0.745. The standard InChI is InChI=1S/C10H17N3/c1-9(11)7-13(2)8-10-4-3-5-12-6-10/h3-6,9H,7-8,11H2,1-2H3/t9-/m1/s1. The Bertz CT molecular complexity index is 233. The first-order valence-corrected chi connectivity index (χ1v) is 4.51. The van der Waals surface area contributed by atoms with Crippen molar-refractivity contribution in [2.75, 3.05) is 13.6 Å². The molecule has 0 fully saturated rings. The molecule has 0 bridgehead atoms. The van der Waals surface area contributed by atoms with Crippen LogP contribution in [-0.2, 0) is 6.54 Å². The van der Waals surface area contributed by atoms with Crippen molar-refractivity contribution in [3.05, 3.63) is 30.1 Å². The molecule has 1 aromatic heterocycles. The SMILES string of the molecule is C[C@@H](N)CN(C)Cc1cccnc1. The van der Waals surface area contributed by atoms with Crippen molar-refractivity contribution in [1.29, 1.82) is 0 Å². The van der Waals surface area contributed by atoms with Gasteiger partial charge in [-0.25, -0.2) is 0 Å². The van der Waals surface area contributed by atoms with Gasteiger partial charge in [0.2, 0.25) is 0 Å². The summed E-state index contributed by atoms with van der Waals surface area (Å²) >= 11 is 0. The molecule has 13 heavy (non-hydrogen) atoms. The number of hydrogen-bond acceptors (Lipinski definition) is 3. The molecule has 1 rings (SSSR count). The van der Waals surface area contributed by atoms with Crippen molar-refractivity contribution < 1.29 is 0 Å². The number of nitrogens with zero attached hydrogens (tertiary/aromatic N) is 2. The molecule has 0 spiro atoms. The van der Waals surface area contributed by atoms with Gasteiger partial charge in [0.25, 0.3) is 0 Å². The van der Waals surface area contributed by atoms with Crippen LogP contribution in [-0.4, -0.2) is 29.5 Å². The number of pyridine rings is 1. The largest absolute Gasteiger partial charge is 0.327 e. The molecule has 1 heterocycles. The lowest BCUT2D eigenvalue weighted by molar-refractivity contribution is 0.309. The zero-order valence-electron chi connectivity index (χ0n) is 8.27. The topological polar surface area (TPSA) is 42.1 Å². The zero-order valence-corrected chi connectivity index (χ0v) is 8.27. The van der Waals surface area contributed by atoms with Crippen LogP contribution < -0.4 is 5.73 Å². The van der Waals surface area contributed by atoms with Crippen molar-refractivity contribution in [1.82, 2.24) is 9.88 Å². The molecular formula is C10H17N3. The smallest absolute Gasteiger partial charge is 0.0312 e. The predicted octanol–water partition coefficient (Wildman–Crippen LogP) is 0.861. The van der Waals surface area contributed by atoms with Gasteiger partial charge in [0.15, 0.2) is 0 Å². The molecule has 0 aliphatic heterocycles. The van der Waals surface area contributed by atoms with Gasteiger partial charge in [0, 0.05) is 31.5 Å². The van der Waals surface area contributed by atoms with E-state index in [1.54, 1.807) is 6.20 Å². The Kier molecular flexibility index (Phi) is 3.86. The third-order valence-corrected chi connectivity index (χ3v) is 1.77. The Morgan fingerprint density at radius 3 is 2.92 bits per heavy atom. The van der Waals surface area contributed by atoms with Crippen LogP contribution in [0.25, 0.3) is 0 Å². The molecule has 1 aromatic rings. The molecule has 3 heteroatoms. The van der Waals surface area contributed by atoms with E-state index in [0.717, 1.165) is 13.1 Å². The van der Waals surface area contributed by atoms with E-state index in [-0.39, 0.29) is 6.04 Å². The predicted molar refractivity (Wildman–Crippen MR) is 54.2 cm³/mol. The minimum atomic E-state index is 0.224. The maximum absolute atomic E-state index is 5.69. The van der Waals surface area contributed by atoms with E-state index < -0.39 is 0 Å². The molecule has 0 amide bonds. The van der Waals surface area contributed by atoms with Gasteiger partial charge in [-0.05, 0) is 25.6 Å². The molecule has 2 N–H and O–H groups in total. The third kappa shape index (κ3) is 4.01. The summed E-state index contributed by atoms with van der Waals surface area (Å²) in [7, 11) is 2.07. The van der Waals surface area contributed by atoms with Gasteiger partial charge < -0.3 is 10.6 Å². The highest BCUT2D eigenvalue weighted by atomic mass is 15.1. The monoisotopic (exact) mass is 179 g/mol. The highest BCUT2D eigenvalue weighted by Gasteiger charge is 2.02. The van der Waals surface area contributed by atoms with E-state index in [1.807, 2.05) is 19.2 Å². The lowest BCUT2D eigenvalue weighted by atomic mass is 10.2. The lowest BCUT2D eigenvalue weighted by Gasteiger charge is -2.18. The molecule has 0 radical (unpaired) electrons. The molecular weight excluding hydrogens is 162 g/mol. The minimum absolute atomic E-state index is 0.224. The fourth-order valence-corrected chi connectivity index (χ4v) is 1.36. The fourth-order valence-electron chi connectivity index (χ4n) is 1.36. The van der Waals surface area contributed by atoms with Gasteiger partial charge in [0.1, 0.15) is 0 Å². The summed E-state index contributed by atoms with van der Waals surface area (Å²) in [5, 5.41) is 0.